The molecule has 0 heterocycles. The van der Waals surface area contributed by atoms with Gasteiger partial charge in [-0.05, 0) is 0 Å². The van der Waals surface area contributed by atoms with Gasteiger partial charge in [-0.15, -0.1) is 0 Å². The molecular weight excluding hydrogens is 318 g/mol. The third-order valence-corrected chi connectivity index (χ3v) is 5.00. The molecule has 0 radical (unpaired) electrons. The third-order valence-electron chi connectivity index (χ3n) is 1.26. The Kier molecular flexibility index (Phi) is 12.6. The van der Waals surface area contributed by atoms with Gasteiger partial charge in [0.25, 0.3) is 0 Å². The molecule has 0 aromatic carbocycles. The minimum Gasteiger partial charge on any atom is -0.364 e. The van der Waals surface area contributed by atoms with Crippen molar-refractivity contribution in [2.24, 2.45) is 0 Å². The molecule has 0 spiro atoms. The summed E-state index contributed by atoms with van der Waals surface area (Å²) in [6.45, 7) is 0. The second-order valence-electron chi connectivity index (χ2n) is 3.02. The molecule has 2 nitrogen and oxygen atoms in total. The van der Waals surface area contributed by atoms with Crippen molar-refractivity contribution >= 4 is 56.6 Å². The number of rotatable bonds is 3. The first-order valence-corrected chi connectivity index (χ1v) is 6.92. The Morgan fingerprint density at radius 1 is 0.867 bits per heavy atom. The van der Waals surface area contributed by atoms with Crippen molar-refractivity contribution in [3.8, 4) is 0 Å². The molecule has 0 saturated heterocycles. The van der Waals surface area contributed by atoms with Gasteiger partial charge in [0.05, 0.1) is 0 Å². The van der Waals surface area contributed by atoms with Crippen LogP contribution in [0.5, 0.6) is 0 Å². The van der Waals surface area contributed by atoms with Crippen LogP contribution >= 0.6 is 48.0 Å². The SMILES string of the molecule is CN(C)C(=S)SCCSC(=S)N(C)C.[Zn]. The van der Waals surface area contributed by atoms with Gasteiger partial charge >= 0.3 is 0 Å². The van der Waals surface area contributed by atoms with E-state index >= 15 is 0 Å². The Labute approximate surface area is 125 Å². The summed E-state index contributed by atoms with van der Waals surface area (Å²) in [6, 6.07) is 0. The first-order valence-electron chi connectivity index (χ1n) is 4.13. The average Bonchev–Trinajstić information content (AvgIpc) is 2.11. The maximum Gasteiger partial charge on any atom is 0.135 e. The van der Waals surface area contributed by atoms with E-state index in [-0.39, 0.29) is 19.5 Å². The second-order valence-corrected chi connectivity index (χ2v) is 6.48. The molecule has 0 aliphatic carbocycles. The quantitative estimate of drug-likeness (QED) is 0.440. The molecule has 15 heavy (non-hydrogen) atoms. The summed E-state index contributed by atoms with van der Waals surface area (Å²) in [5.74, 6) is 2.02. The largest absolute Gasteiger partial charge is 0.364 e. The minimum absolute atomic E-state index is 0. The maximum atomic E-state index is 5.14. The summed E-state index contributed by atoms with van der Waals surface area (Å²) >= 11 is 13.7. The van der Waals surface area contributed by atoms with Gasteiger partial charge in [0, 0.05) is 59.2 Å². The van der Waals surface area contributed by atoms with E-state index in [9.17, 15) is 0 Å². The Hall–Kier alpha value is 1.10. The molecule has 0 unspecified atom stereocenters. The molecule has 0 saturated carbocycles. The molecule has 0 aromatic rings. The molecule has 0 bridgehead atoms. The molecule has 0 aliphatic heterocycles. The standard InChI is InChI=1S/C8H16N2S4.Zn/c1-9(2)7(11)13-5-6-14-8(12)10(3)4;/h5-6H2,1-4H3;. The van der Waals surface area contributed by atoms with Crippen LogP contribution < -0.4 is 0 Å². The smallest absolute Gasteiger partial charge is 0.135 e. The van der Waals surface area contributed by atoms with Crippen molar-refractivity contribution in [3.05, 3.63) is 0 Å². The maximum absolute atomic E-state index is 5.14. The molecule has 0 amide bonds. The predicted molar refractivity (Wildman–Crippen MR) is 77.5 cm³/mol. The third kappa shape index (κ3) is 10.0. The topological polar surface area (TPSA) is 6.48 Å². The van der Waals surface area contributed by atoms with Gasteiger partial charge in [-0.3, -0.25) is 0 Å². The second kappa shape index (κ2) is 10.3. The molecule has 84 valence electrons. The van der Waals surface area contributed by atoms with E-state index in [2.05, 4.69) is 0 Å². The first kappa shape index (κ1) is 18.5. The number of hydrogen-bond donors (Lipinski definition) is 0. The van der Waals surface area contributed by atoms with Crippen LogP contribution in [0.3, 0.4) is 0 Å². The van der Waals surface area contributed by atoms with Gasteiger partial charge in [0.1, 0.15) is 8.64 Å². The van der Waals surface area contributed by atoms with Crippen molar-refractivity contribution in [3.63, 3.8) is 0 Å². The summed E-state index contributed by atoms with van der Waals surface area (Å²) in [6.07, 6.45) is 0. The molecule has 7 heteroatoms. The van der Waals surface area contributed by atoms with Crippen molar-refractivity contribution in [1.29, 1.82) is 0 Å². The Balaban J connectivity index is 0. The fraction of sp³-hybridized carbons (Fsp3) is 0.750. The van der Waals surface area contributed by atoms with Crippen LogP contribution in [0.25, 0.3) is 0 Å². The minimum atomic E-state index is 0. The number of thioether (sulfide) groups is 2. The summed E-state index contributed by atoms with van der Waals surface area (Å²) < 4.78 is 1.86. The van der Waals surface area contributed by atoms with Gasteiger partial charge in [-0.1, -0.05) is 48.0 Å². The van der Waals surface area contributed by atoms with Crippen LogP contribution in [0, 0.1) is 0 Å². The Morgan fingerprint density at radius 2 is 1.13 bits per heavy atom. The van der Waals surface area contributed by atoms with Crippen LogP contribution in [-0.4, -0.2) is 58.1 Å². The van der Waals surface area contributed by atoms with Gasteiger partial charge in [-0.25, -0.2) is 0 Å². The van der Waals surface area contributed by atoms with E-state index in [1.807, 2.05) is 38.0 Å². The normalized spacial score (nSPS) is 9.07. The van der Waals surface area contributed by atoms with Crippen LogP contribution in [-0.2, 0) is 19.5 Å². The summed E-state index contributed by atoms with van der Waals surface area (Å²) in [7, 11) is 7.86. The van der Waals surface area contributed by atoms with Crippen molar-refractivity contribution in [1.82, 2.24) is 9.80 Å². The van der Waals surface area contributed by atoms with E-state index < -0.39 is 0 Å². The molecule has 0 aliphatic rings. The van der Waals surface area contributed by atoms with Crippen LogP contribution in [0.4, 0.5) is 0 Å². The number of thiocarbonyl (C=S) groups is 2. The van der Waals surface area contributed by atoms with Gasteiger partial charge in [-0.2, -0.15) is 0 Å². The Bertz CT molecular complexity index is 187. The predicted octanol–water partition coefficient (Wildman–Crippen LogP) is 2.14. The van der Waals surface area contributed by atoms with Gasteiger partial charge in [0.15, 0.2) is 0 Å². The molecular formula is C8H16N2S4Zn. The number of nitrogens with zero attached hydrogens (tertiary/aromatic N) is 2. The van der Waals surface area contributed by atoms with Gasteiger partial charge in [0.2, 0.25) is 0 Å². The van der Waals surface area contributed by atoms with Crippen molar-refractivity contribution < 1.29 is 19.5 Å². The fourth-order valence-electron chi connectivity index (χ4n) is 0.516. The zero-order valence-corrected chi connectivity index (χ0v) is 15.9. The molecule has 0 atom stereocenters. The Morgan fingerprint density at radius 3 is 1.33 bits per heavy atom. The van der Waals surface area contributed by atoms with Crippen LogP contribution in [0.1, 0.15) is 0 Å². The summed E-state index contributed by atoms with van der Waals surface area (Å²) in [5, 5.41) is 0. The van der Waals surface area contributed by atoms with Gasteiger partial charge < -0.3 is 9.80 Å². The molecule has 0 fully saturated rings. The molecule has 0 aromatic heterocycles. The zero-order valence-electron chi connectivity index (χ0n) is 9.65. The van der Waals surface area contributed by atoms with E-state index in [4.69, 9.17) is 24.4 Å². The first-order chi connectivity index (χ1) is 6.45. The van der Waals surface area contributed by atoms with Crippen LogP contribution in [0.2, 0.25) is 0 Å². The average molecular weight is 334 g/mol. The zero-order chi connectivity index (χ0) is 11.1. The van der Waals surface area contributed by atoms with E-state index in [1.54, 1.807) is 23.5 Å². The monoisotopic (exact) mass is 332 g/mol. The summed E-state index contributed by atoms with van der Waals surface area (Å²) in [5.41, 5.74) is 0. The van der Waals surface area contributed by atoms with E-state index in [1.165, 1.54) is 0 Å². The molecule has 0 N–H and O–H groups in total. The van der Waals surface area contributed by atoms with E-state index in [0.29, 0.717) is 0 Å². The van der Waals surface area contributed by atoms with Crippen molar-refractivity contribution in [2.45, 2.75) is 0 Å². The summed E-state index contributed by atoms with van der Waals surface area (Å²) in [4.78, 5) is 3.91. The fourth-order valence-corrected chi connectivity index (χ4v) is 2.55. The molecule has 0 rings (SSSR count). The van der Waals surface area contributed by atoms with Crippen LogP contribution in [0.15, 0.2) is 0 Å². The van der Waals surface area contributed by atoms with E-state index in [0.717, 1.165) is 20.1 Å². The number of hydrogen-bond acceptors (Lipinski definition) is 4. The van der Waals surface area contributed by atoms with Crippen molar-refractivity contribution in [2.75, 3.05) is 39.7 Å².